The maximum Gasteiger partial charge on any atom is 0.317 e. The summed E-state index contributed by atoms with van der Waals surface area (Å²) < 4.78 is 5.45. The predicted octanol–water partition coefficient (Wildman–Crippen LogP) is 2.02. The molecule has 1 aromatic rings. The van der Waals surface area contributed by atoms with Crippen LogP contribution in [0.1, 0.15) is 19.3 Å². The number of rotatable bonds is 5. The second-order valence-electron chi connectivity index (χ2n) is 4.62. The van der Waals surface area contributed by atoms with Crippen molar-refractivity contribution in [2.75, 3.05) is 13.2 Å². The van der Waals surface area contributed by atoms with E-state index in [0.717, 1.165) is 31.9 Å². The number of nitro benzene ring substituents is 2. The Morgan fingerprint density at radius 3 is 2.65 bits per heavy atom. The summed E-state index contributed by atoms with van der Waals surface area (Å²) in [5.41, 5.74) is -0.699. The lowest BCUT2D eigenvalue weighted by atomic mass is 10.1. The normalized spacial score (nSPS) is 18.5. The number of non-ortho nitro benzene ring substituents is 1. The number of ether oxygens (including phenoxy) is 1. The fourth-order valence-corrected chi connectivity index (χ4v) is 2.14. The van der Waals surface area contributed by atoms with Crippen molar-refractivity contribution in [2.24, 2.45) is 0 Å². The zero-order valence-corrected chi connectivity index (χ0v) is 10.8. The van der Waals surface area contributed by atoms with Crippen molar-refractivity contribution in [1.82, 2.24) is 5.32 Å². The summed E-state index contributed by atoms with van der Waals surface area (Å²) in [6.07, 6.45) is 3.18. The molecule has 0 saturated carbocycles. The predicted molar refractivity (Wildman–Crippen MR) is 70.9 cm³/mol. The highest BCUT2D eigenvalue weighted by Gasteiger charge is 2.22. The van der Waals surface area contributed by atoms with E-state index in [4.69, 9.17) is 4.74 Å². The number of nitro groups is 2. The summed E-state index contributed by atoms with van der Waals surface area (Å²) in [5, 5.41) is 24.8. The average molecular weight is 281 g/mol. The number of hydrogen-bond donors (Lipinski definition) is 1. The van der Waals surface area contributed by atoms with Crippen LogP contribution in [0.25, 0.3) is 0 Å². The zero-order chi connectivity index (χ0) is 14.5. The number of piperidine rings is 1. The van der Waals surface area contributed by atoms with E-state index < -0.39 is 9.85 Å². The Morgan fingerprint density at radius 1 is 1.25 bits per heavy atom. The minimum Gasteiger partial charge on any atom is -0.485 e. The molecule has 0 amide bonds. The maximum absolute atomic E-state index is 10.9. The third-order valence-corrected chi connectivity index (χ3v) is 3.20. The largest absolute Gasteiger partial charge is 0.485 e. The van der Waals surface area contributed by atoms with Crippen molar-refractivity contribution >= 4 is 11.4 Å². The second-order valence-corrected chi connectivity index (χ2v) is 4.62. The smallest absolute Gasteiger partial charge is 0.317 e. The van der Waals surface area contributed by atoms with Crippen molar-refractivity contribution in [3.05, 3.63) is 38.4 Å². The minimum absolute atomic E-state index is 0.0629. The molecule has 0 bridgehead atoms. The molecule has 1 aliphatic rings. The van der Waals surface area contributed by atoms with E-state index in [1.54, 1.807) is 0 Å². The molecule has 108 valence electrons. The van der Waals surface area contributed by atoms with Gasteiger partial charge < -0.3 is 10.1 Å². The lowest BCUT2D eigenvalue weighted by Crippen LogP contribution is -2.38. The monoisotopic (exact) mass is 281 g/mol. The lowest BCUT2D eigenvalue weighted by molar-refractivity contribution is -0.394. The van der Waals surface area contributed by atoms with Gasteiger partial charge in [-0.15, -0.1) is 0 Å². The lowest BCUT2D eigenvalue weighted by Gasteiger charge is -2.23. The first-order valence-electron chi connectivity index (χ1n) is 6.37. The van der Waals surface area contributed by atoms with Crippen LogP contribution in [0.15, 0.2) is 18.2 Å². The Balaban J connectivity index is 2.09. The van der Waals surface area contributed by atoms with Gasteiger partial charge >= 0.3 is 5.69 Å². The number of nitrogens with one attached hydrogen (secondary N) is 1. The molecular formula is C12H15N3O5. The van der Waals surface area contributed by atoms with E-state index in [9.17, 15) is 20.2 Å². The summed E-state index contributed by atoms with van der Waals surface area (Å²) in [5.74, 6) is 0.0629. The van der Waals surface area contributed by atoms with Crippen LogP contribution in [0.4, 0.5) is 11.4 Å². The van der Waals surface area contributed by atoms with Crippen molar-refractivity contribution in [1.29, 1.82) is 0 Å². The zero-order valence-electron chi connectivity index (χ0n) is 10.8. The number of benzene rings is 1. The highest BCUT2D eigenvalue weighted by Crippen LogP contribution is 2.31. The Bertz CT molecular complexity index is 514. The summed E-state index contributed by atoms with van der Waals surface area (Å²) in [6.45, 7) is 1.23. The standard InChI is InChI=1S/C12H15N3O5/c16-14(17)10-4-5-12(11(7-10)15(18)19)20-8-9-3-1-2-6-13-9/h4-5,7,9,13H,1-3,6,8H2. The van der Waals surface area contributed by atoms with E-state index in [0.29, 0.717) is 6.61 Å². The van der Waals surface area contributed by atoms with Crippen LogP contribution in [0.2, 0.25) is 0 Å². The van der Waals surface area contributed by atoms with Gasteiger partial charge in [-0.05, 0) is 25.5 Å². The Labute approximate surface area is 115 Å². The summed E-state index contributed by atoms with van der Waals surface area (Å²) in [7, 11) is 0. The highest BCUT2D eigenvalue weighted by atomic mass is 16.6. The Morgan fingerprint density at radius 2 is 2.05 bits per heavy atom. The van der Waals surface area contributed by atoms with E-state index in [-0.39, 0.29) is 23.2 Å². The quantitative estimate of drug-likeness (QED) is 0.653. The van der Waals surface area contributed by atoms with Crippen molar-refractivity contribution in [2.45, 2.75) is 25.3 Å². The van der Waals surface area contributed by atoms with E-state index in [1.165, 1.54) is 12.1 Å². The van der Waals surface area contributed by atoms with Gasteiger partial charge in [-0.1, -0.05) is 6.42 Å². The average Bonchev–Trinajstić information content (AvgIpc) is 2.45. The Kier molecular flexibility index (Phi) is 4.46. The molecule has 1 unspecified atom stereocenters. The SMILES string of the molecule is O=[N+]([O-])c1ccc(OCC2CCCCN2)c([N+](=O)[O-])c1. The van der Waals surface area contributed by atoms with Gasteiger partial charge in [0.25, 0.3) is 5.69 Å². The molecule has 2 rings (SSSR count). The topological polar surface area (TPSA) is 108 Å². The first-order valence-corrected chi connectivity index (χ1v) is 6.37. The molecule has 0 spiro atoms. The molecule has 1 aromatic carbocycles. The minimum atomic E-state index is -0.670. The van der Waals surface area contributed by atoms with Crippen LogP contribution in [-0.4, -0.2) is 29.0 Å². The molecule has 20 heavy (non-hydrogen) atoms. The fraction of sp³-hybridized carbons (Fsp3) is 0.500. The molecule has 1 N–H and O–H groups in total. The maximum atomic E-state index is 10.9. The summed E-state index contributed by atoms with van der Waals surface area (Å²) >= 11 is 0. The van der Waals surface area contributed by atoms with Gasteiger partial charge in [0, 0.05) is 12.1 Å². The molecule has 8 heteroatoms. The van der Waals surface area contributed by atoms with E-state index in [1.807, 2.05) is 0 Å². The molecule has 1 heterocycles. The van der Waals surface area contributed by atoms with Crippen LogP contribution in [-0.2, 0) is 0 Å². The number of hydrogen-bond acceptors (Lipinski definition) is 6. The van der Waals surface area contributed by atoms with Crippen LogP contribution in [0, 0.1) is 20.2 Å². The Hall–Kier alpha value is -2.22. The van der Waals surface area contributed by atoms with Crippen LogP contribution in [0.5, 0.6) is 5.75 Å². The fourth-order valence-electron chi connectivity index (χ4n) is 2.14. The third-order valence-electron chi connectivity index (χ3n) is 3.20. The molecule has 8 nitrogen and oxygen atoms in total. The molecule has 0 aliphatic carbocycles. The molecule has 1 aliphatic heterocycles. The van der Waals surface area contributed by atoms with Crippen molar-refractivity contribution in [3.8, 4) is 5.75 Å². The van der Waals surface area contributed by atoms with Gasteiger partial charge in [0.2, 0.25) is 0 Å². The highest BCUT2D eigenvalue weighted by molar-refractivity contribution is 5.53. The van der Waals surface area contributed by atoms with Crippen LogP contribution in [0.3, 0.4) is 0 Å². The van der Waals surface area contributed by atoms with Crippen LogP contribution < -0.4 is 10.1 Å². The molecule has 1 saturated heterocycles. The number of nitrogens with zero attached hydrogens (tertiary/aromatic N) is 2. The van der Waals surface area contributed by atoms with Gasteiger partial charge in [0.05, 0.1) is 15.9 Å². The molecular weight excluding hydrogens is 266 g/mol. The van der Waals surface area contributed by atoms with Crippen LogP contribution >= 0.6 is 0 Å². The molecule has 1 atom stereocenters. The first kappa shape index (κ1) is 14.2. The molecule has 1 fully saturated rings. The van der Waals surface area contributed by atoms with Crippen molar-refractivity contribution < 1.29 is 14.6 Å². The first-order chi connectivity index (χ1) is 9.58. The summed E-state index contributed by atoms with van der Waals surface area (Å²) in [6, 6.07) is 3.57. The van der Waals surface area contributed by atoms with Crippen molar-refractivity contribution in [3.63, 3.8) is 0 Å². The second kappa shape index (κ2) is 6.29. The van der Waals surface area contributed by atoms with E-state index >= 15 is 0 Å². The van der Waals surface area contributed by atoms with Gasteiger partial charge in [-0.2, -0.15) is 0 Å². The molecule has 0 radical (unpaired) electrons. The molecule has 0 aromatic heterocycles. The van der Waals surface area contributed by atoms with Gasteiger partial charge in [0.15, 0.2) is 5.75 Å². The summed E-state index contributed by atoms with van der Waals surface area (Å²) in [4.78, 5) is 20.2. The van der Waals surface area contributed by atoms with Gasteiger partial charge in [-0.3, -0.25) is 20.2 Å². The van der Waals surface area contributed by atoms with Gasteiger partial charge in [-0.25, -0.2) is 0 Å². The van der Waals surface area contributed by atoms with E-state index in [2.05, 4.69) is 5.32 Å². The third kappa shape index (κ3) is 3.41. The van der Waals surface area contributed by atoms with Gasteiger partial charge in [0.1, 0.15) is 6.61 Å².